The van der Waals surface area contributed by atoms with Crippen LogP contribution in [-0.2, 0) is 11.2 Å². The van der Waals surface area contributed by atoms with Crippen molar-refractivity contribution >= 4 is 0 Å². The Kier molecular flexibility index (Phi) is 4.02. The van der Waals surface area contributed by atoms with Gasteiger partial charge in [-0.15, -0.1) is 0 Å². The maximum absolute atomic E-state index is 6.15. The smallest absolute Gasteiger partial charge is 1.00 e. The first-order valence-corrected chi connectivity index (χ1v) is 43.8. The first kappa shape index (κ1) is 29.4. The molecule has 0 fully saturated rings. The van der Waals surface area contributed by atoms with E-state index in [0.29, 0.717) is 11.8 Å². The van der Waals surface area contributed by atoms with Gasteiger partial charge in [-0.3, -0.25) is 0 Å². The van der Waals surface area contributed by atoms with Crippen LogP contribution in [0, 0.1) is 11.8 Å². The first-order valence-electron chi connectivity index (χ1n) is 11.5. The van der Waals surface area contributed by atoms with Crippen LogP contribution >= 0.6 is 0 Å². The third-order valence-corrected chi connectivity index (χ3v) is 71.9. The number of hydrogen-bond donors (Lipinski definition) is 0. The van der Waals surface area contributed by atoms with E-state index in [9.17, 15) is 0 Å². The van der Waals surface area contributed by atoms with Gasteiger partial charge in [0.1, 0.15) is 0 Å². The predicted octanol–water partition coefficient (Wildman–Crippen LogP) is 4.41. The second-order valence-corrected chi connectivity index (χ2v) is 162. The van der Waals surface area contributed by atoms with Crippen LogP contribution in [-0.4, -0.2) is 0 Å². The van der Waals surface area contributed by atoms with Gasteiger partial charge in [0.25, 0.3) is 0 Å². The van der Waals surface area contributed by atoms with E-state index in [-0.39, 0.29) is 31.2 Å². The van der Waals surface area contributed by atoms with Crippen molar-refractivity contribution in [3.63, 3.8) is 0 Å². The van der Waals surface area contributed by atoms with Gasteiger partial charge in [0, 0.05) is 0 Å². The van der Waals surface area contributed by atoms with E-state index >= 15 is 0 Å². The fourth-order valence-electron chi connectivity index (χ4n) is 7.65. The Morgan fingerprint density at radius 2 is 0.724 bits per heavy atom. The van der Waals surface area contributed by atoms with Gasteiger partial charge < -0.3 is 24.8 Å². The molecule has 0 heterocycles. The average molecular weight is 612 g/mol. The standard InChI is InChI=1S/2C9H13.8CH3.2ClH.Hf/c2*1-8(2)7-9-5-3-4-6-9;;;;;;;;;;;/h2*3-6,8H,7H2,1-2H3;8*1H3;2*1H;/p-2. The normalized spacial score (nSPS) is 28.8. The van der Waals surface area contributed by atoms with E-state index in [0.717, 1.165) is 12.8 Å². The van der Waals surface area contributed by atoms with Crippen molar-refractivity contribution < 1.29 is 36.0 Å². The zero-order valence-corrected chi connectivity index (χ0v) is 26.5. The summed E-state index contributed by atoms with van der Waals surface area (Å²) in [6.45, 7) is 9.54. The van der Waals surface area contributed by atoms with Gasteiger partial charge >= 0.3 is 156 Å². The summed E-state index contributed by atoms with van der Waals surface area (Å²) in [6.07, 6.45) is 21.9. The quantitative estimate of drug-likeness (QED) is 0.391. The van der Waals surface area contributed by atoms with Gasteiger partial charge in [0.2, 0.25) is 0 Å². The van der Waals surface area contributed by atoms with Crippen LogP contribution in [0.25, 0.3) is 0 Å². The molecule has 0 saturated heterocycles. The first-order chi connectivity index (χ1) is 11.1. The molecule has 0 atom stereocenters. The summed E-state index contributed by atoms with van der Waals surface area (Å²) in [5, 5.41) is 0. The van der Waals surface area contributed by atoms with E-state index in [1.807, 2.05) is 0 Å². The molecule has 0 nitrogen and oxygen atoms in total. The van der Waals surface area contributed by atoms with Crippen molar-refractivity contribution in [1.82, 2.24) is 0 Å². The van der Waals surface area contributed by atoms with E-state index in [1.165, 1.54) is 0 Å². The van der Waals surface area contributed by atoms with Crippen molar-refractivity contribution in [2.75, 3.05) is 0 Å². The molecule has 2 aliphatic rings. The minimum atomic E-state index is -6.15. The maximum atomic E-state index is 2.75. The summed E-state index contributed by atoms with van der Waals surface area (Å²) in [5.74, 6) is 1.21. The van der Waals surface area contributed by atoms with Gasteiger partial charge in [0.15, 0.2) is 0 Å². The number of rotatable bonds is 6. The molecule has 0 amide bonds. The topological polar surface area (TPSA) is 0 Å². The fraction of sp³-hybridized carbons (Fsp3) is 0.692. The van der Waals surface area contributed by atoms with Gasteiger partial charge in [-0.1, -0.05) is 0 Å². The Morgan fingerprint density at radius 3 is 0.897 bits per heavy atom. The van der Waals surface area contributed by atoms with Crippen molar-refractivity contribution in [3.8, 4) is 0 Å². The van der Waals surface area contributed by atoms with E-state index in [1.54, 1.807) is 0 Å². The zero-order valence-electron chi connectivity index (χ0n) is 21.4. The van der Waals surface area contributed by atoms with Crippen LogP contribution in [0.3, 0.4) is 0 Å². The monoisotopic (exact) mass is 612 g/mol. The Morgan fingerprint density at radius 1 is 0.517 bits per heavy atom. The van der Waals surface area contributed by atoms with Crippen LogP contribution in [0.5, 0.6) is 0 Å². The Labute approximate surface area is 179 Å². The second kappa shape index (κ2) is 3.96. The summed E-state index contributed by atoms with van der Waals surface area (Å²) in [6, 6.07) is 0. The summed E-state index contributed by atoms with van der Waals surface area (Å²) >= 11 is -6.15. The van der Waals surface area contributed by atoms with Crippen molar-refractivity contribution in [3.05, 3.63) is 48.6 Å². The van der Waals surface area contributed by atoms with Gasteiger partial charge in [0.05, 0.1) is 0 Å². The van der Waals surface area contributed by atoms with Gasteiger partial charge in [-0.2, -0.15) is 0 Å². The van der Waals surface area contributed by atoms with E-state index in [2.05, 4.69) is 114 Å². The predicted molar refractivity (Wildman–Crippen MR) is 128 cm³/mol. The molecular weight excluding hydrogens is 562 g/mol. The van der Waals surface area contributed by atoms with Crippen molar-refractivity contribution in [2.45, 2.75) is 84.3 Å². The summed E-state index contributed by atoms with van der Waals surface area (Å²) in [7, 11) is 0. The van der Waals surface area contributed by atoms with Crippen LogP contribution < -0.4 is 24.8 Å². The minimum Gasteiger partial charge on any atom is -1.00 e. The Bertz CT molecular complexity index is 820. The maximum Gasteiger partial charge on any atom is -1.00 e. The molecule has 0 aromatic heterocycles. The van der Waals surface area contributed by atoms with E-state index in [4.69, 9.17) is 0 Å². The number of allylic oxidation sites excluding steroid dienone is 8. The Hall–Kier alpha value is 0.410. The number of hydrogen-bond acceptors (Lipinski definition) is 0. The molecule has 0 radical (unpaired) electrons. The van der Waals surface area contributed by atoms with Crippen molar-refractivity contribution in [1.29, 1.82) is 0 Å². The second-order valence-electron chi connectivity index (χ2n) is 24.8. The molecule has 0 bridgehead atoms. The minimum absolute atomic E-state index is 0. The summed E-state index contributed by atoms with van der Waals surface area (Å²) in [4.78, 5) is 0. The average Bonchev–Trinajstić information content (AvgIpc) is 2.95. The number of halogens is 2. The van der Waals surface area contributed by atoms with E-state index < -0.39 is 11.2 Å². The molecule has 0 N–H and O–H groups in total. The molecule has 0 saturated carbocycles. The summed E-state index contributed by atoms with van der Waals surface area (Å²) < 4.78 is 21.8. The SMILES string of the molecule is CC(C)C[C]1([Hf]([CH3])([CH3])([CH3])([CH3])([CH3])([CH3])([CH3])([CH3])[C]2(CC(C)C)C=CC=C2)C=CC=C1.[Cl-].[Cl-]. The largest absolute Gasteiger partial charge is 1.00 e. The van der Waals surface area contributed by atoms with Gasteiger partial charge in [-0.05, 0) is 0 Å². The molecule has 3 heteroatoms. The van der Waals surface area contributed by atoms with Crippen LogP contribution in [0.15, 0.2) is 48.6 Å². The van der Waals surface area contributed by atoms with Crippen molar-refractivity contribution in [2.24, 2.45) is 11.8 Å². The molecule has 0 unspecified atom stereocenters. The molecule has 2 rings (SSSR count). The molecule has 29 heavy (non-hydrogen) atoms. The molecule has 2 aliphatic carbocycles. The molecule has 0 aliphatic heterocycles. The molecule has 0 spiro atoms. The van der Waals surface area contributed by atoms with Crippen LogP contribution in [0.1, 0.15) is 40.5 Å². The molecule has 0 aromatic carbocycles. The third-order valence-electron chi connectivity index (χ3n) is 11.2. The molecule has 174 valence electrons. The molecule has 0 aromatic rings. The Balaban J connectivity index is 0.00000392. The van der Waals surface area contributed by atoms with Crippen LogP contribution in [0.4, 0.5) is 0 Å². The van der Waals surface area contributed by atoms with Crippen LogP contribution in [0.2, 0.25) is 43.8 Å². The zero-order chi connectivity index (χ0) is 21.5. The fourth-order valence-corrected chi connectivity index (χ4v) is 47.9. The molecular formula is C26H50Cl2Hf-2. The van der Waals surface area contributed by atoms with Gasteiger partial charge in [-0.25, -0.2) is 0 Å². The summed E-state index contributed by atoms with van der Waals surface area (Å²) in [5.41, 5.74) is 0. The third kappa shape index (κ3) is 2.92.